The van der Waals surface area contributed by atoms with Crippen LogP contribution in [0.1, 0.15) is 104 Å². The Hall–Kier alpha value is -5.21. The van der Waals surface area contributed by atoms with E-state index < -0.39 is 72.5 Å². The van der Waals surface area contributed by atoms with E-state index in [4.69, 9.17) is 47.4 Å². The number of oxazole rings is 3. The number of rotatable bonds is 17. The predicted octanol–water partition coefficient (Wildman–Crippen LogP) is 7.20. The number of fused-ring (bicyclic) bond motifs is 8. The molecule has 0 unspecified atom stereocenters. The zero-order chi connectivity index (χ0) is 49.4. The minimum Gasteiger partial charge on any atom is -0.462 e. The Kier molecular flexibility index (Phi) is 21.4. The zero-order valence-electron chi connectivity index (χ0n) is 40.7. The number of carbonyl (C=O) groups is 4. The Morgan fingerprint density at radius 1 is 0.940 bits per heavy atom. The van der Waals surface area contributed by atoms with Crippen LogP contribution in [0.25, 0.3) is 29.2 Å². The van der Waals surface area contributed by atoms with Gasteiger partial charge < -0.3 is 57.4 Å². The summed E-state index contributed by atoms with van der Waals surface area (Å²) in [7, 11) is 7.86. The molecule has 6 bridgehead atoms. The maximum Gasteiger partial charge on any atom is 0.404 e. The van der Waals surface area contributed by atoms with Crippen molar-refractivity contribution >= 4 is 30.3 Å². The van der Waals surface area contributed by atoms with Crippen molar-refractivity contribution in [1.82, 2.24) is 19.9 Å². The van der Waals surface area contributed by atoms with Gasteiger partial charge in [0.05, 0.1) is 30.8 Å². The number of esters is 1. The summed E-state index contributed by atoms with van der Waals surface area (Å²) in [5, 5.41) is 11.4. The number of ether oxygens (including phenoxy) is 6. The van der Waals surface area contributed by atoms with Gasteiger partial charge in [-0.05, 0) is 43.6 Å². The molecule has 1 aliphatic heterocycles. The van der Waals surface area contributed by atoms with Crippen LogP contribution >= 0.6 is 0 Å². The number of amides is 2. The van der Waals surface area contributed by atoms with Gasteiger partial charge in [0.15, 0.2) is 11.4 Å². The molecule has 372 valence electrons. The number of aliphatic hydroxyl groups excluding tert-OH is 1. The second-order valence-electron chi connectivity index (χ2n) is 17.9. The van der Waals surface area contributed by atoms with Crippen LogP contribution in [0.2, 0.25) is 0 Å². The highest BCUT2D eigenvalue weighted by molar-refractivity contribution is 5.81. The molecule has 19 heteroatoms. The molecular formula is C48H71N5O14. The van der Waals surface area contributed by atoms with Crippen LogP contribution in [-0.2, 0) is 42.8 Å². The molecule has 1 aliphatic rings. The van der Waals surface area contributed by atoms with Crippen molar-refractivity contribution in [1.29, 1.82) is 0 Å². The summed E-state index contributed by atoms with van der Waals surface area (Å²) < 4.78 is 52.4. The molecule has 0 aromatic carbocycles. The van der Waals surface area contributed by atoms with Gasteiger partial charge in [-0.1, -0.05) is 53.7 Å². The van der Waals surface area contributed by atoms with Crippen LogP contribution in [-0.4, -0.2) is 121 Å². The number of ketones is 1. The third-order valence-electron chi connectivity index (χ3n) is 12.8. The Labute approximate surface area is 393 Å². The number of methoxy groups -OCH3 is 4. The molecular weight excluding hydrogens is 871 g/mol. The highest BCUT2D eigenvalue weighted by atomic mass is 16.6. The van der Waals surface area contributed by atoms with Crippen LogP contribution < -0.4 is 5.73 Å². The van der Waals surface area contributed by atoms with Crippen molar-refractivity contribution in [3.63, 3.8) is 0 Å². The van der Waals surface area contributed by atoms with E-state index in [2.05, 4.69) is 15.0 Å². The standard InChI is InChI=1S/C48H71N5O14/c1-27-19-33(66-48(49)58)21-43(57)67-41(22-40(60-9)28(2)15-16-37(55)30(4)44(61-10)29(3)17-18-53(7)26-54)32(6)39(59-8)13-12-14-42-50-35(24-63-42)46-52-36(25-65-46)47-51-34(23-64-47)45(62-11)31(5)38(56)20-27/h12,14,17-18,23-33,38-41,44-45,56H,13,15-16,19-22H2,1-11H3,(H2,49,58)/b14-12?,18-17+/t27-,28-,29+,30-,31-,32+,33-,38-,39-,40-,41-,44+,45+/m0/s1. The molecule has 3 aromatic heterocycles. The first-order valence-electron chi connectivity index (χ1n) is 22.8. The number of nitrogens with two attached hydrogens (primary N) is 1. The molecule has 0 fully saturated rings. The van der Waals surface area contributed by atoms with Crippen molar-refractivity contribution in [2.45, 2.75) is 129 Å². The molecule has 2 amide bonds. The highest BCUT2D eigenvalue weighted by Gasteiger charge is 2.36. The van der Waals surface area contributed by atoms with E-state index in [-0.39, 0.29) is 73.3 Å². The Morgan fingerprint density at radius 2 is 1.63 bits per heavy atom. The van der Waals surface area contributed by atoms with Crippen molar-refractivity contribution in [3.05, 3.63) is 48.7 Å². The fraction of sp³-hybridized carbons (Fsp3) is 0.646. The van der Waals surface area contributed by atoms with Gasteiger partial charge in [-0.2, -0.15) is 0 Å². The van der Waals surface area contributed by atoms with E-state index in [1.807, 2.05) is 53.7 Å². The van der Waals surface area contributed by atoms with Gasteiger partial charge in [0.2, 0.25) is 24.1 Å². The van der Waals surface area contributed by atoms with E-state index >= 15 is 0 Å². The lowest BCUT2D eigenvalue weighted by Crippen LogP contribution is -2.39. The van der Waals surface area contributed by atoms with Crippen LogP contribution in [0.15, 0.2) is 50.4 Å². The zero-order valence-corrected chi connectivity index (χ0v) is 40.7. The molecule has 67 heavy (non-hydrogen) atoms. The van der Waals surface area contributed by atoms with Crippen molar-refractivity contribution in [2.24, 2.45) is 41.2 Å². The van der Waals surface area contributed by atoms with E-state index in [0.717, 1.165) is 0 Å². The van der Waals surface area contributed by atoms with Crippen molar-refractivity contribution in [3.8, 4) is 23.2 Å². The first-order chi connectivity index (χ1) is 31.9. The van der Waals surface area contributed by atoms with Crippen LogP contribution in [0.5, 0.6) is 0 Å². The van der Waals surface area contributed by atoms with E-state index in [9.17, 15) is 24.3 Å². The summed E-state index contributed by atoms with van der Waals surface area (Å²) in [6, 6.07) is 0. The summed E-state index contributed by atoms with van der Waals surface area (Å²) in [4.78, 5) is 65.7. The molecule has 0 aliphatic carbocycles. The van der Waals surface area contributed by atoms with Crippen molar-refractivity contribution in [2.75, 3.05) is 35.5 Å². The second-order valence-corrected chi connectivity index (χ2v) is 17.9. The molecule has 3 N–H and O–H groups in total. The topological polar surface area (TPSA) is 251 Å². The first-order valence-corrected chi connectivity index (χ1v) is 22.8. The SMILES string of the molecule is CO[C@H]([C@H](C)/C=C/N(C)C=O)[C@@H](C)C(=O)CC[C@H](C)[C@H](C[C@@H]1OC(=O)C[C@@H](OC(N)=O)C[C@H](C)C[C@H](O)[C@H](C)[C@@H](OC)c2coc(n2)-c2coc(n2)-c2coc(n2)C=CC[C@H](OC)[C@H]1C)OC. The van der Waals surface area contributed by atoms with Gasteiger partial charge in [-0.25, -0.2) is 19.7 Å². The number of aromatic nitrogens is 3. The highest BCUT2D eigenvalue weighted by Crippen LogP contribution is 2.34. The lowest BCUT2D eigenvalue weighted by Gasteiger charge is -2.34. The maximum absolute atomic E-state index is 14.0. The molecule has 0 radical (unpaired) electrons. The molecule has 3 aromatic rings. The molecule has 19 nitrogen and oxygen atoms in total. The summed E-state index contributed by atoms with van der Waals surface area (Å²) in [5.41, 5.74) is 6.58. The largest absolute Gasteiger partial charge is 0.462 e. The number of nitrogens with zero attached hydrogens (tertiary/aromatic N) is 4. The molecule has 0 spiro atoms. The van der Waals surface area contributed by atoms with Gasteiger partial charge in [-0.15, -0.1) is 0 Å². The summed E-state index contributed by atoms with van der Waals surface area (Å²) in [5.74, 6) is -1.84. The monoisotopic (exact) mass is 941 g/mol. The molecule has 4 rings (SSSR count). The third-order valence-corrected chi connectivity index (χ3v) is 12.8. The summed E-state index contributed by atoms with van der Waals surface area (Å²) >= 11 is 0. The lowest BCUT2D eigenvalue weighted by molar-refractivity contribution is -0.160. The molecule has 13 atom stereocenters. The van der Waals surface area contributed by atoms with Crippen LogP contribution in [0, 0.1) is 35.5 Å². The Bertz CT molecular complexity index is 2060. The summed E-state index contributed by atoms with van der Waals surface area (Å²) in [6.07, 6.45) is 7.75. The number of cyclic esters (lactones) is 1. The van der Waals surface area contributed by atoms with Crippen molar-refractivity contribution < 1.29 is 66.0 Å². The maximum atomic E-state index is 14.0. The molecule has 4 heterocycles. The number of hydrogen-bond acceptors (Lipinski definition) is 17. The fourth-order valence-corrected chi connectivity index (χ4v) is 8.69. The third kappa shape index (κ3) is 15.7. The number of aliphatic hydroxyl groups is 1. The smallest absolute Gasteiger partial charge is 0.404 e. The van der Waals surface area contributed by atoms with Crippen LogP contribution in [0.4, 0.5) is 4.79 Å². The average Bonchev–Trinajstić information content (AvgIpc) is 4.09. The Morgan fingerprint density at radius 3 is 2.28 bits per heavy atom. The minimum absolute atomic E-state index is 0.0194. The summed E-state index contributed by atoms with van der Waals surface area (Å²) in [6.45, 7) is 11.4. The van der Waals surface area contributed by atoms with Gasteiger partial charge in [0.1, 0.15) is 48.6 Å². The number of carbonyl (C=O) groups excluding carboxylic acids is 4. The van der Waals surface area contributed by atoms with E-state index in [1.54, 1.807) is 40.7 Å². The van der Waals surface area contributed by atoms with E-state index in [1.165, 1.54) is 30.8 Å². The molecule has 0 saturated carbocycles. The number of hydrogen-bond donors (Lipinski definition) is 2. The molecule has 0 saturated heterocycles. The van der Waals surface area contributed by atoms with E-state index in [0.29, 0.717) is 36.3 Å². The first kappa shape index (κ1) is 54.4. The van der Waals surface area contributed by atoms with Gasteiger partial charge in [0, 0.05) is 78.2 Å². The van der Waals surface area contributed by atoms with Gasteiger partial charge in [0.25, 0.3) is 0 Å². The second kappa shape index (κ2) is 26.4. The van der Waals surface area contributed by atoms with Gasteiger partial charge >= 0.3 is 12.1 Å². The quantitative estimate of drug-likeness (QED) is 0.100. The van der Waals surface area contributed by atoms with Crippen LogP contribution in [0.3, 0.4) is 0 Å². The number of Topliss-reactive ketones (excluding diaryl/α,β-unsaturated/α-hetero) is 1. The Balaban J connectivity index is 1.60. The minimum atomic E-state index is -1.05. The number of primary amides is 1. The normalized spacial score (nSPS) is 25.8. The average molecular weight is 942 g/mol. The fourth-order valence-electron chi connectivity index (χ4n) is 8.69. The predicted molar refractivity (Wildman–Crippen MR) is 244 cm³/mol. The lowest BCUT2D eigenvalue weighted by atomic mass is 9.84. The van der Waals surface area contributed by atoms with Gasteiger partial charge in [-0.3, -0.25) is 14.4 Å².